The van der Waals surface area contributed by atoms with E-state index in [-0.39, 0.29) is 0 Å². The molecule has 0 spiro atoms. The summed E-state index contributed by atoms with van der Waals surface area (Å²) in [6, 6.07) is 0. The second-order valence-electron chi connectivity index (χ2n) is 3.51. The van der Waals surface area contributed by atoms with Gasteiger partial charge in [0.05, 0.1) is 0 Å². The van der Waals surface area contributed by atoms with Gasteiger partial charge >= 0.3 is 0 Å². The second-order valence-corrected chi connectivity index (χ2v) is 3.51. The molecule has 1 nitrogen and oxygen atoms in total. The Morgan fingerprint density at radius 2 is 2.22 bits per heavy atom. The van der Waals surface area contributed by atoms with Gasteiger partial charge in [-0.3, -0.25) is 0 Å². The van der Waals surface area contributed by atoms with Crippen LogP contribution in [0.3, 0.4) is 0 Å². The molecule has 2 aliphatic rings. The van der Waals surface area contributed by atoms with Crippen LogP contribution in [0.5, 0.6) is 0 Å². The normalized spacial score (nSPS) is 47.0. The van der Waals surface area contributed by atoms with E-state index in [1.165, 1.54) is 19.3 Å². The molecule has 0 aliphatic heterocycles. The largest absolute Gasteiger partial charge is 0.396 e. The summed E-state index contributed by atoms with van der Waals surface area (Å²) in [5, 5.41) is 8.66. The summed E-state index contributed by atoms with van der Waals surface area (Å²) in [5.74, 6) is 3.03. The molecule has 0 saturated heterocycles. The summed E-state index contributed by atoms with van der Waals surface area (Å²) in [4.78, 5) is 0. The van der Waals surface area contributed by atoms with Crippen molar-refractivity contribution < 1.29 is 5.11 Å². The average molecular weight is 126 g/mol. The number of aliphatic hydroxyl groups is 1. The molecule has 1 heteroatoms. The topological polar surface area (TPSA) is 20.2 Å². The van der Waals surface area contributed by atoms with E-state index in [0.717, 1.165) is 24.2 Å². The first kappa shape index (κ1) is 5.72. The van der Waals surface area contributed by atoms with Gasteiger partial charge in [-0.25, -0.2) is 0 Å². The maximum atomic E-state index is 8.66. The van der Waals surface area contributed by atoms with E-state index in [2.05, 4.69) is 0 Å². The molecule has 0 aromatic carbocycles. The lowest BCUT2D eigenvalue weighted by Crippen LogP contribution is -2.00. The van der Waals surface area contributed by atoms with Crippen molar-refractivity contribution in [3.8, 4) is 0 Å². The van der Waals surface area contributed by atoms with Gasteiger partial charge in [-0.15, -0.1) is 0 Å². The Morgan fingerprint density at radius 1 is 1.33 bits per heavy atom. The van der Waals surface area contributed by atoms with Crippen molar-refractivity contribution in [2.24, 2.45) is 17.8 Å². The predicted molar refractivity (Wildman–Crippen MR) is 36.0 cm³/mol. The van der Waals surface area contributed by atoms with Crippen molar-refractivity contribution in [3.63, 3.8) is 0 Å². The van der Waals surface area contributed by atoms with E-state index in [9.17, 15) is 0 Å². The van der Waals surface area contributed by atoms with Crippen molar-refractivity contribution in [1.82, 2.24) is 0 Å². The summed E-state index contributed by atoms with van der Waals surface area (Å²) in [6.07, 6.45) is 5.40. The molecule has 0 bridgehead atoms. The van der Waals surface area contributed by atoms with Gasteiger partial charge in [0, 0.05) is 6.61 Å². The van der Waals surface area contributed by atoms with Crippen LogP contribution in [0.15, 0.2) is 0 Å². The van der Waals surface area contributed by atoms with Crippen molar-refractivity contribution in [1.29, 1.82) is 0 Å². The lowest BCUT2D eigenvalue weighted by molar-refractivity contribution is 0.249. The highest BCUT2D eigenvalue weighted by molar-refractivity contribution is 4.97. The maximum absolute atomic E-state index is 8.66. The summed E-state index contributed by atoms with van der Waals surface area (Å²) in [6.45, 7) is 0.411. The Bertz CT molecular complexity index is 111. The first-order valence-electron chi connectivity index (χ1n) is 4.02. The molecule has 0 amide bonds. The van der Waals surface area contributed by atoms with Gasteiger partial charge in [-0.05, 0) is 43.4 Å². The molecule has 2 saturated carbocycles. The van der Waals surface area contributed by atoms with Crippen molar-refractivity contribution >= 4 is 0 Å². The minimum Gasteiger partial charge on any atom is -0.396 e. The molecule has 0 aromatic rings. The first-order valence-corrected chi connectivity index (χ1v) is 4.02. The molecule has 3 atom stereocenters. The zero-order valence-corrected chi connectivity index (χ0v) is 5.71. The molecule has 1 N–H and O–H groups in total. The van der Waals surface area contributed by atoms with Crippen LogP contribution >= 0.6 is 0 Å². The quantitative estimate of drug-likeness (QED) is 0.593. The van der Waals surface area contributed by atoms with Gasteiger partial charge in [0.25, 0.3) is 0 Å². The first-order chi connectivity index (χ1) is 4.42. The standard InChI is InChI=1S/C8H14O/c9-4-3-6-1-2-7-5-8(6)7/h6-9H,1-5H2. The smallest absolute Gasteiger partial charge is 0.0433 e. The molecule has 0 heterocycles. The molecule has 0 radical (unpaired) electrons. The lowest BCUT2D eigenvalue weighted by Gasteiger charge is -2.07. The minimum absolute atomic E-state index is 0.411. The number of hydrogen-bond acceptors (Lipinski definition) is 1. The summed E-state index contributed by atoms with van der Waals surface area (Å²) in [5.41, 5.74) is 0. The molecule has 52 valence electrons. The van der Waals surface area contributed by atoms with E-state index in [0.29, 0.717) is 6.61 Å². The van der Waals surface area contributed by atoms with Crippen molar-refractivity contribution in [3.05, 3.63) is 0 Å². The van der Waals surface area contributed by atoms with Crippen LogP contribution in [0.1, 0.15) is 25.7 Å². The van der Waals surface area contributed by atoms with E-state index in [1.54, 1.807) is 0 Å². The van der Waals surface area contributed by atoms with Gasteiger partial charge in [0.1, 0.15) is 0 Å². The number of rotatable bonds is 2. The monoisotopic (exact) mass is 126 g/mol. The highest BCUT2D eigenvalue weighted by Gasteiger charge is 2.47. The van der Waals surface area contributed by atoms with Crippen LogP contribution in [0.2, 0.25) is 0 Å². The Morgan fingerprint density at radius 3 is 2.67 bits per heavy atom. The molecule has 3 unspecified atom stereocenters. The van der Waals surface area contributed by atoms with Gasteiger partial charge in [-0.2, -0.15) is 0 Å². The van der Waals surface area contributed by atoms with Gasteiger partial charge in [-0.1, -0.05) is 0 Å². The SMILES string of the molecule is OCCC1CCC2CC12. The molecule has 9 heavy (non-hydrogen) atoms. The molecule has 0 aromatic heterocycles. The minimum atomic E-state index is 0.411. The van der Waals surface area contributed by atoms with Crippen LogP contribution in [0.25, 0.3) is 0 Å². The predicted octanol–water partition coefficient (Wildman–Crippen LogP) is 1.41. The fraction of sp³-hybridized carbons (Fsp3) is 1.00. The molecule has 2 fully saturated rings. The Hall–Kier alpha value is -0.0400. The lowest BCUT2D eigenvalue weighted by atomic mass is 10.0. The maximum Gasteiger partial charge on any atom is 0.0433 e. The summed E-state index contributed by atoms with van der Waals surface area (Å²) < 4.78 is 0. The van der Waals surface area contributed by atoms with Gasteiger partial charge in [0.15, 0.2) is 0 Å². The zero-order chi connectivity index (χ0) is 6.27. The fourth-order valence-electron chi connectivity index (χ4n) is 2.35. The molecule has 2 rings (SSSR count). The fourth-order valence-corrected chi connectivity index (χ4v) is 2.35. The van der Waals surface area contributed by atoms with Crippen LogP contribution in [-0.2, 0) is 0 Å². The van der Waals surface area contributed by atoms with Crippen molar-refractivity contribution in [2.75, 3.05) is 6.61 Å². The molecular weight excluding hydrogens is 112 g/mol. The Labute approximate surface area is 56.1 Å². The van der Waals surface area contributed by atoms with Crippen molar-refractivity contribution in [2.45, 2.75) is 25.7 Å². The van der Waals surface area contributed by atoms with E-state index < -0.39 is 0 Å². The number of fused-ring (bicyclic) bond motifs is 1. The van der Waals surface area contributed by atoms with Crippen LogP contribution in [0.4, 0.5) is 0 Å². The third kappa shape index (κ3) is 0.877. The summed E-state index contributed by atoms with van der Waals surface area (Å²) in [7, 11) is 0. The zero-order valence-electron chi connectivity index (χ0n) is 5.71. The van der Waals surface area contributed by atoms with Gasteiger partial charge in [0.2, 0.25) is 0 Å². The number of aliphatic hydroxyl groups excluding tert-OH is 1. The Kier molecular flexibility index (Phi) is 1.26. The van der Waals surface area contributed by atoms with Crippen LogP contribution < -0.4 is 0 Å². The van der Waals surface area contributed by atoms with E-state index in [4.69, 9.17) is 5.11 Å². The second kappa shape index (κ2) is 1.98. The van der Waals surface area contributed by atoms with Crippen LogP contribution in [-0.4, -0.2) is 11.7 Å². The average Bonchev–Trinajstić information content (AvgIpc) is 2.54. The highest BCUT2D eigenvalue weighted by Crippen LogP contribution is 2.56. The van der Waals surface area contributed by atoms with E-state index in [1.807, 2.05) is 0 Å². The van der Waals surface area contributed by atoms with Crippen LogP contribution in [0, 0.1) is 17.8 Å². The molecular formula is C8H14O. The highest BCUT2D eigenvalue weighted by atomic mass is 16.3. The Balaban J connectivity index is 1.84. The third-order valence-corrected chi connectivity index (χ3v) is 2.99. The number of hydrogen-bond donors (Lipinski definition) is 1. The van der Waals surface area contributed by atoms with E-state index >= 15 is 0 Å². The van der Waals surface area contributed by atoms with Gasteiger partial charge < -0.3 is 5.11 Å². The summed E-state index contributed by atoms with van der Waals surface area (Å²) >= 11 is 0. The molecule has 2 aliphatic carbocycles. The third-order valence-electron chi connectivity index (χ3n) is 2.99.